The maximum Gasteiger partial charge on any atom is 0.141 e. The molecule has 2 bridgehead atoms. The van der Waals surface area contributed by atoms with E-state index >= 15 is 0 Å². The Kier molecular flexibility index (Phi) is 3.78. The number of fused-ring (bicyclic) bond motifs is 3. The summed E-state index contributed by atoms with van der Waals surface area (Å²) < 4.78 is 0. The molecule has 22 heavy (non-hydrogen) atoms. The fourth-order valence-corrected chi connectivity index (χ4v) is 4.79. The Morgan fingerprint density at radius 3 is 2.86 bits per heavy atom. The van der Waals surface area contributed by atoms with Crippen molar-refractivity contribution in [3.05, 3.63) is 17.3 Å². The number of aromatic nitrogens is 2. The van der Waals surface area contributed by atoms with Crippen molar-refractivity contribution in [1.82, 2.24) is 14.9 Å². The molecular weight excluding hydrogens is 292 g/mol. The lowest BCUT2D eigenvalue weighted by Gasteiger charge is -2.30. The van der Waals surface area contributed by atoms with Gasteiger partial charge in [0.05, 0.1) is 5.39 Å². The second kappa shape index (κ2) is 5.78. The third-order valence-electron chi connectivity index (χ3n) is 5.23. The lowest BCUT2D eigenvalue weighted by atomic mass is 10.1. The van der Waals surface area contributed by atoms with Crippen molar-refractivity contribution in [2.24, 2.45) is 0 Å². The van der Waals surface area contributed by atoms with Crippen LogP contribution in [0.2, 0.25) is 0 Å². The molecule has 0 aliphatic carbocycles. The molecule has 0 spiro atoms. The number of hydrogen-bond acceptors (Lipinski definition) is 5. The van der Waals surface area contributed by atoms with Crippen molar-refractivity contribution in [2.75, 3.05) is 24.5 Å². The molecule has 0 saturated carbocycles. The maximum atomic E-state index is 4.95. The smallest absolute Gasteiger partial charge is 0.141 e. The molecule has 2 aliphatic heterocycles. The Labute approximate surface area is 136 Å². The Morgan fingerprint density at radius 1 is 1.18 bits per heavy atom. The van der Waals surface area contributed by atoms with Gasteiger partial charge >= 0.3 is 0 Å². The normalized spacial score (nSPS) is 25.8. The minimum absolute atomic E-state index is 0.621. The van der Waals surface area contributed by atoms with E-state index in [1.54, 1.807) is 11.3 Å². The summed E-state index contributed by atoms with van der Waals surface area (Å²) in [5, 5.41) is 3.41. The summed E-state index contributed by atoms with van der Waals surface area (Å²) in [5.74, 6) is 2.19. The van der Waals surface area contributed by atoms with Gasteiger partial charge in [0.15, 0.2) is 0 Å². The maximum absolute atomic E-state index is 4.95. The molecule has 4 rings (SSSR count). The molecule has 2 aliphatic rings. The molecule has 2 fully saturated rings. The highest BCUT2D eigenvalue weighted by Crippen LogP contribution is 2.38. The van der Waals surface area contributed by atoms with Gasteiger partial charge in [-0.25, -0.2) is 9.97 Å². The Morgan fingerprint density at radius 2 is 2.05 bits per heavy atom. The predicted octanol–water partition coefficient (Wildman–Crippen LogP) is 3.32. The molecule has 118 valence electrons. The molecule has 5 heteroatoms. The van der Waals surface area contributed by atoms with Crippen molar-refractivity contribution in [1.29, 1.82) is 0 Å². The van der Waals surface area contributed by atoms with E-state index in [0.717, 1.165) is 23.6 Å². The Hall–Kier alpha value is -1.20. The van der Waals surface area contributed by atoms with E-state index in [1.807, 2.05) is 0 Å². The van der Waals surface area contributed by atoms with E-state index in [-0.39, 0.29) is 0 Å². The van der Waals surface area contributed by atoms with E-state index in [4.69, 9.17) is 9.97 Å². The zero-order valence-electron chi connectivity index (χ0n) is 13.5. The van der Waals surface area contributed by atoms with Crippen LogP contribution in [0.4, 0.5) is 5.82 Å². The fraction of sp³-hybridized carbons (Fsp3) is 0.647. The van der Waals surface area contributed by atoms with Crippen LogP contribution < -0.4 is 4.90 Å². The van der Waals surface area contributed by atoms with Crippen LogP contribution >= 0.6 is 11.3 Å². The fourth-order valence-electron chi connectivity index (χ4n) is 4.02. The van der Waals surface area contributed by atoms with Crippen LogP contribution in [0, 0.1) is 0 Å². The number of aryl methyl sites for hydroxylation is 1. The molecule has 2 unspecified atom stereocenters. The van der Waals surface area contributed by atoms with Gasteiger partial charge < -0.3 is 9.80 Å². The highest BCUT2D eigenvalue weighted by Gasteiger charge is 2.38. The molecule has 0 N–H and O–H groups in total. The van der Waals surface area contributed by atoms with Crippen LogP contribution in [0.3, 0.4) is 0 Å². The molecule has 2 aromatic rings. The first-order chi connectivity index (χ1) is 10.8. The van der Waals surface area contributed by atoms with Crippen molar-refractivity contribution < 1.29 is 0 Å². The molecule has 2 aromatic heterocycles. The van der Waals surface area contributed by atoms with Crippen LogP contribution in [0.1, 0.15) is 38.9 Å². The zero-order chi connectivity index (χ0) is 15.1. The molecule has 4 nitrogen and oxygen atoms in total. The summed E-state index contributed by atoms with van der Waals surface area (Å²) >= 11 is 1.74. The third-order valence-corrected chi connectivity index (χ3v) is 6.03. The Balaban J connectivity index is 1.79. The van der Waals surface area contributed by atoms with E-state index in [0.29, 0.717) is 12.1 Å². The van der Waals surface area contributed by atoms with E-state index in [2.05, 4.69) is 35.1 Å². The minimum atomic E-state index is 0.621. The number of likely N-dealkylation sites (N-methyl/N-ethyl adjacent to an activating group) is 1. The van der Waals surface area contributed by atoms with Gasteiger partial charge in [0, 0.05) is 31.6 Å². The van der Waals surface area contributed by atoms with Crippen LogP contribution in [-0.2, 0) is 6.42 Å². The van der Waals surface area contributed by atoms with Gasteiger partial charge in [0.1, 0.15) is 16.5 Å². The van der Waals surface area contributed by atoms with Gasteiger partial charge in [-0.3, -0.25) is 0 Å². The molecule has 2 atom stereocenters. The summed E-state index contributed by atoms with van der Waals surface area (Å²) in [6.07, 6.45) is 4.80. The largest absolute Gasteiger partial charge is 0.349 e. The van der Waals surface area contributed by atoms with Crippen molar-refractivity contribution in [2.45, 2.75) is 51.6 Å². The summed E-state index contributed by atoms with van der Waals surface area (Å²) in [7, 11) is 0. The lowest BCUT2D eigenvalue weighted by molar-refractivity contribution is 0.273. The molecule has 0 radical (unpaired) electrons. The average Bonchev–Trinajstić information content (AvgIpc) is 3.10. The summed E-state index contributed by atoms with van der Waals surface area (Å²) in [6, 6.07) is 3.48. The second-order valence-corrected chi connectivity index (χ2v) is 7.33. The molecule has 2 saturated heterocycles. The second-order valence-electron chi connectivity index (χ2n) is 6.43. The number of nitrogens with zero attached hydrogens (tertiary/aromatic N) is 4. The van der Waals surface area contributed by atoms with Crippen molar-refractivity contribution in [3.8, 4) is 0 Å². The van der Waals surface area contributed by atoms with Crippen molar-refractivity contribution in [3.63, 3.8) is 0 Å². The summed E-state index contributed by atoms with van der Waals surface area (Å²) in [5.41, 5.74) is 0. The highest BCUT2D eigenvalue weighted by molar-refractivity contribution is 7.16. The monoisotopic (exact) mass is 316 g/mol. The van der Waals surface area contributed by atoms with Gasteiger partial charge in [0.2, 0.25) is 0 Å². The standard InChI is InChI=1S/C17H24N4S/c1-3-15-18-16(14-8-10-22-17(14)19-15)21-12-5-6-13(21)11-20(4-2)9-7-12/h8,10,12-13H,3-7,9,11H2,1-2H3. The third kappa shape index (κ3) is 2.31. The van der Waals surface area contributed by atoms with Crippen LogP contribution in [0.25, 0.3) is 10.2 Å². The highest BCUT2D eigenvalue weighted by atomic mass is 32.1. The van der Waals surface area contributed by atoms with Crippen LogP contribution in [0.5, 0.6) is 0 Å². The number of likely N-dealkylation sites (tertiary alicyclic amines) is 1. The first kappa shape index (κ1) is 14.4. The number of hydrogen-bond donors (Lipinski definition) is 0. The Bertz CT molecular complexity index is 668. The molecule has 0 aromatic carbocycles. The van der Waals surface area contributed by atoms with Gasteiger partial charge in [-0.15, -0.1) is 11.3 Å². The number of rotatable bonds is 3. The van der Waals surface area contributed by atoms with E-state index in [1.165, 1.54) is 43.6 Å². The summed E-state index contributed by atoms with van der Waals surface area (Å²) in [6.45, 7) is 8.00. The minimum Gasteiger partial charge on any atom is -0.349 e. The van der Waals surface area contributed by atoms with E-state index in [9.17, 15) is 0 Å². The van der Waals surface area contributed by atoms with Gasteiger partial charge in [-0.1, -0.05) is 13.8 Å². The summed E-state index contributed by atoms with van der Waals surface area (Å²) in [4.78, 5) is 16.1. The van der Waals surface area contributed by atoms with Crippen LogP contribution in [0.15, 0.2) is 11.4 Å². The average molecular weight is 316 g/mol. The SMILES string of the molecule is CCc1nc(N2C3CCC2CN(CC)CC3)c2ccsc2n1. The van der Waals surface area contributed by atoms with Crippen molar-refractivity contribution >= 4 is 27.4 Å². The number of thiophene rings is 1. The van der Waals surface area contributed by atoms with Gasteiger partial charge in [-0.05, 0) is 37.3 Å². The van der Waals surface area contributed by atoms with Gasteiger partial charge in [-0.2, -0.15) is 0 Å². The van der Waals surface area contributed by atoms with E-state index < -0.39 is 0 Å². The first-order valence-corrected chi connectivity index (χ1v) is 9.43. The topological polar surface area (TPSA) is 32.3 Å². The number of anilines is 1. The lowest BCUT2D eigenvalue weighted by Crippen LogP contribution is -2.40. The molecule has 0 amide bonds. The van der Waals surface area contributed by atoms with Crippen LogP contribution in [-0.4, -0.2) is 46.6 Å². The first-order valence-electron chi connectivity index (χ1n) is 8.55. The molecule has 4 heterocycles. The quantitative estimate of drug-likeness (QED) is 0.869. The molecular formula is C17H24N4S. The zero-order valence-corrected chi connectivity index (χ0v) is 14.3. The van der Waals surface area contributed by atoms with Gasteiger partial charge in [0.25, 0.3) is 0 Å². The predicted molar refractivity (Wildman–Crippen MR) is 92.8 cm³/mol.